The zero-order valence-electron chi connectivity index (χ0n) is 6.35. The number of carbonyl (C=O) groups excluding carboxylic acids is 1. The summed E-state index contributed by atoms with van der Waals surface area (Å²) in [5, 5.41) is 9.08. The summed E-state index contributed by atoms with van der Waals surface area (Å²) >= 11 is 0. The lowest BCUT2D eigenvalue weighted by atomic mass is 10.1. The van der Waals surface area contributed by atoms with Gasteiger partial charge in [0.2, 0.25) is 0 Å². The topological polar surface area (TPSA) is 37.3 Å². The maximum absolute atomic E-state index is 11.0. The lowest BCUT2D eigenvalue weighted by Crippen LogP contribution is -2.14. The highest BCUT2D eigenvalue weighted by molar-refractivity contribution is 6.01. The summed E-state index contributed by atoms with van der Waals surface area (Å²) in [5.41, 5.74) is 1.88. The van der Waals surface area contributed by atoms with Gasteiger partial charge in [-0.15, -0.1) is 0 Å². The molecule has 0 amide bonds. The number of aliphatic hydroxyl groups excluding tert-OH is 1. The number of aliphatic hydroxyl groups is 1. The van der Waals surface area contributed by atoms with Crippen LogP contribution in [0.25, 0.3) is 0 Å². The van der Waals surface area contributed by atoms with E-state index in [2.05, 4.69) is 0 Å². The van der Waals surface area contributed by atoms with Crippen LogP contribution in [0.3, 0.4) is 0 Å². The van der Waals surface area contributed by atoms with Gasteiger partial charge in [0.25, 0.3) is 0 Å². The molecule has 2 nitrogen and oxygen atoms in total. The van der Waals surface area contributed by atoms with Crippen molar-refractivity contribution in [2.75, 3.05) is 0 Å². The monoisotopic (exact) mass is 140 g/mol. The van der Waals surface area contributed by atoms with Crippen LogP contribution in [-0.4, -0.2) is 17.0 Å². The summed E-state index contributed by atoms with van der Waals surface area (Å²) < 4.78 is 0. The fourth-order valence-corrected chi connectivity index (χ4v) is 1.39. The molecule has 0 spiro atoms. The molecule has 1 atom stereocenters. The van der Waals surface area contributed by atoms with Crippen LogP contribution in [0.5, 0.6) is 0 Å². The molecule has 0 heterocycles. The summed E-state index contributed by atoms with van der Waals surface area (Å²) in [5.74, 6) is -0.0694. The van der Waals surface area contributed by atoms with Crippen molar-refractivity contribution < 1.29 is 9.90 Å². The van der Waals surface area contributed by atoms with Crippen molar-refractivity contribution in [3.05, 3.63) is 11.1 Å². The van der Waals surface area contributed by atoms with Gasteiger partial charge in [-0.25, -0.2) is 0 Å². The molecule has 2 heteroatoms. The predicted molar refractivity (Wildman–Crippen MR) is 38.6 cm³/mol. The summed E-state index contributed by atoms with van der Waals surface area (Å²) in [6, 6.07) is 0. The second-order valence-electron chi connectivity index (χ2n) is 2.70. The van der Waals surface area contributed by atoms with Crippen molar-refractivity contribution in [3.8, 4) is 0 Å². The Morgan fingerprint density at radius 1 is 1.70 bits per heavy atom. The second-order valence-corrected chi connectivity index (χ2v) is 2.70. The fraction of sp³-hybridized carbons (Fsp3) is 0.625. The van der Waals surface area contributed by atoms with Crippen molar-refractivity contribution in [1.29, 1.82) is 0 Å². The van der Waals surface area contributed by atoms with E-state index in [1.165, 1.54) is 0 Å². The molecule has 1 unspecified atom stereocenters. The van der Waals surface area contributed by atoms with Crippen LogP contribution < -0.4 is 0 Å². The average Bonchev–Trinajstić information content (AvgIpc) is 2.09. The highest BCUT2D eigenvalue weighted by Crippen LogP contribution is 2.24. The molecule has 0 aliphatic heterocycles. The standard InChI is InChI=1S/C8H12O2/c1-3-6-5(2)4-7(9)8(6)10/h7,9H,3-4H2,1-2H3. The second kappa shape index (κ2) is 2.54. The molecular weight excluding hydrogens is 128 g/mol. The minimum atomic E-state index is -0.741. The molecule has 0 fully saturated rings. The molecule has 0 radical (unpaired) electrons. The van der Waals surface area contributed by atoms with Gasteiger partial charge in [0.1, 0.15) is 6.10 Å². The number of Topliss-reactive ketones (excluding diaryl/α,β-unsaturated/α-hetero) is 1. The minimum Gasteiger partial charge on any atom is -0.385 e. The van der Waals surface area contributed by atoms with E-state index in [9.17, 15) is 4.79 Å². The third kappa shape index (κ3) is 0.991. The number of hydrogen-bond acceptors (Lipinski definition) is 2. The molecule has 0 aromatic heterocycles. The first-order valence-electron chi connectivity index (χ1n) is 3.57. The number of ketones is 1. The van der Waals surface area contributed by atoms with Crippen LogP contribution in [0.15, 0.2) is 11.1 Å². The Labute approximate surface area is 60.6 Å². The molecule has 0 aromatic rings. The molecule has 1 rings (SSSR count). The normalized spacial score (nSPS) is 26.3. The van der Waals surface area contributed by atoms with E-state index in [1.807, 2.05) is 13.8 Å². The first-order valence-corrected chi connectivity index (χ1v) is 3.57. The molecule has 1 aliphatic carbocycles. The minimum absolute atomic E-state index is 0.0694. The van der Waals surface area contributed by atoms with Gasteiger partial charge in [-0.1, -0.05) is 12.5 Å². The summed E-state index contributed by atoms with van der Waals surface area (Å²) in [7, 11) is 0. The third-order valence-corrected chi connectivity index (χ3v) is 1.97. The van der Waals surface area contributed by atoms with E-state index in [4.69, 9.17) is 5.11 Å². The summed E-state index contributed by atoms with van der Waals surface area (Å²) in [6.45, 7) is 3.85. The Balaban J connectivity index is 2.85. The first-order chi connectivity index (χ1) is 4.66. The van der Waals surface area contributed by atoms with E-state index in [0.717, 1.165) is 17.6 Å². The van der Waals surface area contributed by atoms with Gasteiger partial charge >= 0.3 is 0 Å². The van der Waals surface area contributed by atoms with Crippen LogP contribution in [0.4, 0.5) is 0 Å². The highest BCUT2D eigenvalue weighted by Gasteiger charge is 2.27. The highest BCUT2D eigenvalue weighted by atomic mass is 16.3. The van der Waals surface area contributed by atoms with Crippen molar-refractivity contribution >= 4 is 5.78 Å². The molecule has 1 aliphatic rings. The molecule has 0 aromatic carbocycles. The van der Waals surface area contributed by atoms with E-state index in [0.29, 0.717) is 6.42 Å². The first kappa shape index (κ1) is 7.48. The number of hydrogen-bond donors (Lipinski definition) is 1. The largest absolute Gasteiger partial charge is 0.385 e. The molecule has 10 heavy (non-hydrogen) atoms. The smallest absolute Gasteiger partial charge is 0.187 e. The van der Waals surface area contributed by atoms with Crippen molar-refractivity contribution in [3.63, 3.8) is 0 Å². The van der Waals surface area contributed by atoms with Crippen molar-refractivity contribution in [2.24, 2.45) is 0 Å². The molecule has 0 bridgehead atoms. The van der Waals surface area contributed by atoms with Gasteiger partial charge in [0.05, 0.1) is 0 Å². The van der Waals surface area contributed by atoms with Gasteiger partial charge in [-0.3, -0.25) is 4.79 Å². The molecule has 0 saturated heterocycles. The summed E-state index contributed by atoms with van der Waals surface area (Å²) in [6.07, 6.45) is 0.555. The number of carbonyl (C=O) groups is 1. The van der Waals surface area contributed by atoms with Gasteiger partial charge in [0.15, 0.2) is 5.78 Å². The van der Waals surface area contributed by atoms with Crippen LogP contribution in [-0.2, 0) is 4.79 Å². The maximum Gasteiger partial charge on any atom is 0.187 e. The summed E-state index contributed by atoms with van der Waals surface area (Å²) in [4.78, 5) is 11.0. The van der Waals surface area contributed by atoms with Crippen LogP contribution in [0.2, 0.25) is 0 Å². The van der Waals surface area contributed by atoms with E-state index >= 15 is 0 Å². The van der Waals surface area contributed by atoms with Crippen LogP contribution in [0, 0.1) is 0 Å². The number of rotatable bonds is 1. The zero-order valence-corrected chi connectivity index (χ0v) is 6.35. The van der Waals surface area contributed by atoms with Crippen molar-refractivity contribution in [2.45, 2.75) is 32.8 Å². The molecule has 1 N–H and O–H groups in total. The molecular formula is C8H12O2. The average molecular weight is 140 g/mol. The lowest BCUT2D eigenvalue weighted by molar-refractivity contribution is -0.122. The Morgan fingerprint density at radius 3 is 2.50 bits per heavy atom. The van der Waals surface area contributed by atoms with Gasteiger partial charge in [-0.2, -0.15) is 0 Å². The van der Waals surface area contributed by atoms with Crippen LogP contribution >= 0.6 is 0 Å². The Morgan fingerprint density at radius 2 is 2.30 bits per heavy atom. The Bertz CT molecular complexity index is 191. The van der Waals surface area contributed by atoms with E-state index < -0.39 is 6.10 Å². The van der Waals surface area contributed by atoms with Gasteiger partial charge < -0.3 is 5.11 Å². The fourth-order valence-electron chi connectivity index (χ4n) is 1.39. The van der Waals surface area contributed by atoms with E-state index in [-0.39, 0.29) is 5.78 Å². The Kier molecular flexibility index (Phi) is 1.90. The third-order valence-electron chi connectivity index (χ3n) is 1.97. The van der Waals surface area contributed by atoms with Crippen LogP contribution in [0.1, 0.15) is 26.7 Å². The zero-order chi connectivity index (χ0) is 7.72. The maximum atomic E-state index is 11.0. The molecule has 0 saturated carbocycles. The van der Waals surface area contributed by atoms with Gasteiger partial charge in [-0.05, 0) is 18.9 Å². The lowest BCUT2D eigenvalue weighted by Gasteiger charge is -1.97. The quantitative estimate of drug-likeness (QED) is 0.591. The SMILES string of the molecule is CCC1=C(C)CC(O)C1=O. The Hall–Kier alpha value is -0.630. The predicted octanol–water partition coefficient (Wildman–Crippen LogP) is 1.05. The molecule has 56 valence electrons. The van der Waals surface area contributed by atoms with Gasteiger partial charge in [0, 0.05) is 6.42 Å². The van der Waals surface area contributed by atoms with E-state index in [1.54, 1.807) is 0 Å². The van der Waals surface area contributed by atoms with Crippen molar-refractivity contribution in [1.82, 2.24) is 0 Å².